The van der Waals surface area contributed by atoms with Crippen LogP contribution in [0.3, 0.4) is 0 Å². The Labute approximate surface area is 121 Å². The zero-order valence-corrected chi connectivity index (χ0v) is 11.6. The standard InChI is InChI=1S/C11H8FN3O5S/c1-5-13-14-11(20-5)21-9-3-6(10(16)19-2)7(12)4-8(9)15(17)18/h3-4H,1-2H3. The number of halogens is 1. The molecule has 0 fully saturated rings. The van der Waals surface area contributed by atoms with Gasteiger partial charge in [-0.1, -0.05) is 0 Å². The number of benzene rings is 1. The molecule has 0 aliphatic rings. The van der Waals surface area contributed by atoms with Crippen molar-refractivity contribution in [2.45, 2.75) is 17.0 Å². The van der Waals surface area contributed by atoms with Gasteiger partial charge in [-0.05, 0) is 17.8 Å². The number of nitro benzene ring substituents is 1. The number of esters is 1. The van der Waals surface area contributed by atoms with Crippen LogP contribution in [-0.2, 0) is 4.74 Å². The topological polar surface area (TPSA) is 108 Å². The van der Waals surface area contributed by atoms with Crippen molar-refractivity contribution < 1.29 is 23.3 Å². The fourth-order valence-corrected chi connectivity index (χ4v) is 2.29. The molecule has 0 saturated carbocycles. The molecule has 0 N–H and O–H groups in total. The van der Waals surface area contributed by atoms with E-state index in [-0.39, 0.29) is 16.0 Å². The monoisotopic (exact) mass is 313 g/mol. The van der Waals surface area contributed by atoms with E-state index < -0.39 is 28.0 Å². The molecule has 0 saturated heterocycles. The molecule has 0 bridgehead atoms. The summed E-state index contributed by atoms with van der Waals surface area (Å²) in [5.41, 5.74) is -0.928. The molecule has 10 heteroatoms. The highest BCUT2D eigenvalue weighted by Crippen LogP contribution is 2.36. The number of methoxy groups -OCH3 is 1. The van der Waals surface area contributed by atoms with Gasteiger partial charge in [0, 0.05) is 6.92 Å². The largest absolute Gasteiger partial charge is 0.465 e. The molecule has 21 heavy (non-hydrogen) atoms. The average Bonchev–Trinajstić information content (AvgIpc) is 2.84. The van der Waals surface area contributed by atoms with Gasteiger partial charge in [-0.15, -0.1) is 10.2 Å². The lowest BCUT2D eigenvalue weighted by atomic mass is 10.2. The third kappa shape index (κ3) is 3.16. The van der Waals surface area contributed by atoms with Crippen molar-refractivity contribution in [3.05, 3.63) is 39.5 Å². The Balaban J connectivity index is 2.50. The zero-order chi connectivity index (χ0) is 15.6. The van der Waals surface area contributed by atoms with Crippen LogP contribution in [0.4, 0.5) is 10.1 Å². The smallest absolute Gasteiger partial charge is 0.340 e. The number of aromatic nitrogens is 2. The van der Waals surface area contributed by atoms with Crippen molar-refractivity contribution in [1.29, 1.82) is 0 Å². The van der Waals surface area contributed by atoms with E-state index in [0.717, 1.165) is 24.9 Å². The maximum absolute atomic E-state index is 13.7. The van der Waals surface area contributed by atoms with Crippen molar-refractivity contribution >= 4 is 23.4 Å². The second-order valence-electron chi connectivity index (χ2n) is 3.74. The van der Waals surface area contributed by atoms with E-state index in [0.29, 0.717) is 6.07 Å². The Kier molecular flexibility index (Phi) is 4.17. The maximum Gasteiger partial charge on any atom is 0.340 e. The number of aryl methyl sites for hydroxylation is 1. The highest BCUT2D eigenvalue weighted by Gasteiger charge is 2.24. The van der Waals surface area contributed by atoms with Crippen LogP contribution >= 0.6 is 11.8 Å². The van der Waals surface area contributed by atoms with Crippen LogP contribution in [0, 0.1) is 22.9 Å². The second kappa shape index (κ2) is 5.87. The van der Waals surface area contributed by atoms with Crippen LogP contribution in [0.1, 0.15) is 16.2 Å². The van der Waals surface area contributed by atoms with Gasteiger partial charge in [0.05, 0.1) is 28.6 Å². The first-order valence-corrected chi connectivity index (χ1v) is 6.28. The highest BCUT2D eigenvalue weighted by atomic mass is 32.2. The normalized spacial score (nSPS) is 10.4. The first-order chi connectivity index (χ1) is 9.92. The lowest BCUT2D eigenvalue weighted by molar-refractivity contribution is -0.387. The SMILES string of the molecule is COC(=O)c1cc(Sc2nnc(C)o2)c([N+](=O)[O-])cc1F. The quantitative estimate of drug-likeness (QED) is 0.481. The molecule has 1 aromatic heterocycles. The van der Waals surface area contributed by atoms with Gasteiger partial charge in [0.1, 0.15) is 5.82 Å². The van der Waals surface area contributed by atoms with Crippen molar-refractivity contribution in [2.75, 3.05) is 7.11 Å². The predicted octanol–water partition coefficient (Wildman–Crippen LogP) is 2.36. The molecule has 2 rings (SSSR count). The number of nitro groups is 1. The minimum Gasteiger partial charge on any atom is -0.465 e. The Morgan fingerprint density at radius 2 is 2.19 bits per heavy atom. The van der Waals surface area contributed by atoms with E-state index in [9.17, 15) is 19.3 Å². The van der Waals surface area contributed by atoms with Crippen LogP contribution < -0.4 is 0 Å². The number of rotatable bonds is 4. The van der Waals surface area contributed by atoms with E-state index >= 15 is 0 Å². The fourth-order valence-electron chi connectivity index (χ4n) is 1.45. The van der Waals surface area contributed by atoms with Crippen molar-refractivity contribution in [3.8, 4) is 0 Å². The number of nitrogens with zero attached hydrogens (tertiary/aromatic N) is 3. The third-order valence-corrected chi connectivity index (χ3v) is 3.24. The number of hydrogen-bond acceptors (Lipinski definition) is 8. The molecule has 1 heterocycles. The first kappa shape index (κ1) is 14.9. The lowest BCUT2D eigenvalue weighted by Gasteiger charge is -2.05. The van der Waals surface area contributed by atoms with Gasteiger partial charge >= 0.3 is 5.97 Å². The molecule has 0 aliphatic heterocycles. The Hall–Kier alpha value is -2.49. The minimum atomic E-state index is -1.04. The van der Waals surface area contributed by atoms with E-state index in [4.69, 9.17) is 4.42 Å². The molecule has 0 radical (unpaired) electrons. The summed E-state index contributed by atoms with van der Waals surface area (Å²) in [6.07, 6.45) is 0. The summed E-state index contributed by atoms with van der Waals surface area (Å²) in [5, 5.41) is 18.3. The number of ether oxygens (including phenoxy) is 1. The molecular weight excluding hydrogens is 305 g/mol. The molecule has 1 aromatic carbocycles. The highest BCUT2D eigenvalue weighted by molar-refractivity contribution is 7.99. The summed E-state index contributed by atoms with van der Waals surface area (Å²) >= 11 is 0.758. The van der Waals surface area contributed by atoms with Gasteiger partial charge in [0.15, 0.2) is 0 Å². The molecule has 0 spiro atoms. The second-order valence-corrected chi connectivity index (χ2v) is 4.73. The molecule has 110 valence electrons. The van der Waals surface area contributed by atoms with Crippen LogP contribution in [0.25, 0.3) is 0 Å². The van der Waals surface area contributed by atoms with E-state index in [2.05, 4.69) is 14.9 Å². The molecule has 0 aliphatic carbocycles. The summed E-state index contributed by atoms with van der Waals surface area (Å²) in [4.78, 5) is 21.6. The summed E-state index contributed by atoms with van der Waals surface area (Å²) in [6, 6.07) is 1.67. The van der Waals surface area contributed by atoms with Gasteiger partial charge < -0.3 is 9.15 Å². The summed E-state index contributed by atoms with van der Waals surface area (Å²) in [5.74, 6) is -1.71. The molecule has 0 atom stereocenters. The number of carbonyl (C=O) groups is 1. The number of hydrogen-bond donors (Lipinski definition) is 0. The van der Waals surface area contributed by atoms with Gasteiger partial charge in [-0.25, -0.2) is 9.18 Å². The van der Waals surface area contributed by atoms with E-state index in [1.54, 1.807) is 6.92 Å². The molecular formula is C11H8FN3O5S. The minimum absolute atomic E-state index is 0.00884. The van der Waals surface area contributed by atoms with Crippen LogP contribution in [0.5, 0.6) is 0 Å². The van der Waals surface area contributed by atoms with Gasteiger partial charge in [-0.3, -0.25) is 10.1 Å². The van der Waals surface area contributed by atoms with Crippen molar-refractivity contribution in [3.63, 3.8) is 0 Å². The van der Waals surface area contributed by atoms with Crippen molar-refractivity contribution in [2.24, 2.45) is 0 Å². The van der Waals surface area contributed by atoms with E-state index in [1.165, 1.54) is 0 Å². The number of carbonyl (C=O) groups excluding carboxylic acids is 1. The summed E-state index contributed by atoms with van der Waals surface area (Å²) in [7, 11) is 1.08. The fraction of sp³-hybridized carbons (Fsp3) is 0.182. The molecule has 8 nitrogen and oxygen atoms in total. The summed E-state index contributed by atoms with van der Waals surface area (Å²) < 4.78 is 23.2. The Morgan fingerprint density at radius 1 is 1.48 bits per heavy atom. The van der Waals surface area contributed by atoms with Gasteiger partial charge in [0.2, 0.25) is 5.89 Å². The Morgan fingerprint density at radius 3 is 2.71 bits per heavy atom. The van der Waals surface area contributed by atoms with Gasteiger partial charge in [0.25, 0.3) is 10.9 Å². The van der Waals surface area contributed by atoms with E-state index in [1.807, 2.05) is 0 Å². The third-order valence-electron chi connectivity index (χ3n) is 2.36. The Bertz CT molecular complexity index is 718. The lowest BCUT2D eigenvalue weighted by Crippen LogP contribution is -2.06. The average molecular weight is 313 g/mol. The molecule has 0 unspecified atom stereocenters. The van der Waals surface area contributed by atoms with Crippen LogP contribution in [-0.4, -0.2) is 28.2 Å². The van der Waals surface area contributed by atoms with Crippen LogP contribution in [0.15, 0.2) is 26.7 Å². The first-order valence-electron chi connectivity index (χ1n) is 5.46. The molecule has 0 amide bonds. The maximum atomic E-state index is 13.7. The van der Waals surface area contributed by atoms with Crippen LogP contribution in [0.2, 0.25) is 0 Å². The predicted molar refractivity (Wildman–Crippen MR) is 67.6 cm³/mol. The zero-order valence-electron chi connectivity index (χ0n) is 10.8. The van der Waals surface area contributed by atoms with Crippen molar-refractivity contribution in [1.82, 2.24) is 10.2 Å². The molecule has 2 aromatic rings. The summed E-state index contributed by atoms with van der Waals surface area (Å²) in [6.45, 7) is 1.55. The van der Waals surface area contributed by atoms with Gasteiger partial charge in [-0.2, -0.15) is 0 Å².